The standard InChI is InChI=1S/C23H20FN5O3/c24-18-12-21(30)17(23(31)19-2-1-5-27-28-19)11-16(18)22-15-4-3-14(10-20(15)25-13-26-22)29-6-8-32-9-7-29/h1-5,10-13,23,30-31H,6-9H2. The highest BCUT2D eigenvalue weighted by Crippen LogP contribution is 2.36. The van der Waals surface area contributed by atoms with E-state index in [4.69, 9.17) is 4.74 Å². The van der Waals surface area contributed by atoms with E-state index in [1.165, 1.54) is 18.6 Å². The molecular weight excluding hydrogens is 413 g/mol. The second-order valence-electron chi connectivity index (χ2n) is 7.47. The van der Waals surface area contributed by atoms with Crippen LogP contribution in [0.3, 0.4) is 0 Å². The number of fused-ring (bicyclic) bond motifs is 1. The molecule has 9 heteroatoms. The van der Waals surface area contributed by atoms with Gasteiger partial charge in [0.15, 0.2) is 0 Å². The number of halogens is 1. The first kappa shape index (κ1) is 20.2. The molecule has 162 valence electrons. The highest BCUT2D eigenvalue weighted by molar-refractivity contribution is 5.94. The van der Waals surface area contributed by atoms with Crippen LogP contribution < -0.4 is 4.90 Å². The number of anilines is 1. The SMILES string of the molecule is Oc1cc(F)c(-c2ncnc3cc(N4CCOCC4)ccc23)cc1C(O)c1cccnn1. The van der Waals surface area contributed by atoms with Crippen molar-refractivity contribution in [2.45, 2.75) is 6.10 Å². The minimum absolute atomic E-state index is 0.110. The third-order valence-corrected chi connectivity index (χ3v) is 5.54. The zero-order valence-electron chi connectivity index (χ0n) is 17.0. The number of rotatable bonds is 4. The van der Waals surface area contributed by atoms with E-state index in [2.05, 4.69) is 25.1 Å². The van der Waals surface area contributed by atoms with Gasteiger partial charge < -0.3 is 19.8 Å². The van der Waals surface area contributed by atoms with Crippen molar-refractivity contribution in [2.75, 3.05) is 31.2 Å². The topological polar surface area (TPSA) is 104 Å². The average Bonchev–Trinajstić information content (AvgIpc) is 2.84. The molecule has 2 aromatic carbocycles. The van der Waals surface area contributed by atoms with Crippen molar-refractivity contribution in [3.8, 4) is 17.0 Å². The molecule has 1 atom stereocenters. The molecule has 2 aromatic heterocycles. The second-order valence-corrected chi connectivity index (χ2v) is 7.47. The lowest BCUT2D eigenvalue weighted by atomic mass is 9.98. The number of hydrogen-bond acceptors (Lipinski definition) is 8. The summed E-state index contributed by atoms with van der Waals surface area (Å²) in [5.74, 6) is -1.03. The normalized spacial score (nSPS) is 15.1. The van der Waals surface area contributed by atoms with Crippen molar-refractivity contribution in [2.24, 2.45) is 0 Å². The average molecular weight is 433 g/mol. The maximum absolute atomic E-state index is 14.9. The quantitative estimate of drug-likeness (QED) is 0.506. The Labute approximate surface area is 183 Å². The van der Waals surface area contributed by atoms with Crippen LogP contribution in [-0.2, 0) is 4.74 Å². The number of aliphatic hydroxyl groups is 1. The molecule has 4 aromatic rings. The Morgan fingerprint density at radius 1 is 1.06 bits per heavy atom. The zero-order chi connectivity index (χ0) is 22.1. The number of benzene rings is 2. The molecule has 5 rings (SSSR count). The summed E-state index contributed by atoms with van der Waals surface area (Å²) in [6.45, 7) is 2.92. The van der Waals surface area contributed by atoms with Gasteiger partial charge in [-0.2, -0.15) is 10.2 Å². The molecule has 0 aliphatic carbocycles. The van der Waals surface area contributed by atoms with E-state index in [1.54, 1.807) is 12.1 Å². The van der Waals surface area contributed by atoms with Crippen LogP contribution in [0.15, 0.2) is 55.0 Å². The van der Waals surface area contributed by atoms with E-state index in [0.29, 0.717) is 29.8 Å². The van der Waals surface area contributed by atoms with Crippen LogP contribution in [0.25, 0.3) is 22.2 Å². The second kappa shape index (κ2) is 8.45. The van der Waals surface area contributed by atoms with Crippen LogP contribution in [0.4, 0.5) is 10.1 Å². The van der Waals surface area contributed by atoms with E-state index in [-0.39, 0.29) is 22.6 Å². The number of phenols is 1. The molecule has 0 bridgehead atoms. The number of phenolic OH excluding ortho intramolecular Hbond substituents is 1. The zero-order valence-corrected chi connectivity index (χ0v) is 17.0. The molecule has 0 radical (unpaired) electrons. The number of ether oxygens (including phenoxy) is 1. The van der Waals surface area contributed by atoms with Gasteiger partial charge in [0.2, 0.25) is 0 Å². The Kier molecular flexibility index (Phi) is 5.34. The van der Waals surface area contributed by atoms with E-state index in [1.807, 2.05) is 18.2 Å². The Bertz CT molecular complexity index is 1270. The van der Waals surface area contributed by atoms with E-state index < -0.39 is 11.9 Å². The molecule has 1 aliphatic rings. The highest BCUT2D eigenvalue weighted by Gasteiger charge is 2.22. The third kappa shape index (κ3) is 3.72. The van der Waals surface area contributed by atoms with Gasteiger partial charge in [0.05, 0.1) is 30.1 Å². The van der Waals surface area contributed by atoms with Gasteiger partial charge in [-0.3, -0.25) is 0 Å². The van der Waals surface area contributed by atoms with Crippen LogP contribution >= 0.6 is 0 Å². The summed E-state index contributed by atoms with van der Waals surface area (Å²) in [4.78, 5) is 10.9. The van der Waals surface area contributed by atoms with Gasteiger partial charge in [0, 0.05) is 47.6 Å². The fourth-order valence-electron chi connectivity index (χ4n) is 3.88. The van der Waals surface area contributed by atoms with E-state index in [0.717, 1.165) is 24.8 Å². The van der Waals surface area contributed by atoms with Gasteiger partial charge in [-0.25, -0.2) is 14.4 Å². The minimum Gasteiger partial charge on any atom is -0.507 e. The lowest BCUT2D eigenvalue weighted by Crippen LogP contribution is -2.36. The van der Waals surface area contributed by atoms with Gasteiger partial charge in [-0.15, -0.1) is 0 Å². The first-order chi connectivity index (χ1) is 15.6. The van der Waals surface area contributed by atoms with Crippen LogP contribution in [0, 0.1) is 5.82 Å². The fourth-order valence-corrected chi connectivity index (χ4v) is 3.88. The predicted octanol–water partition coefficient (Wildman–Crippen LogP) is 2.85. The summed E-state index contributed by atoms with van der Waals surface area (Å²) in [6, 6.07) is 11.3. The smallest absolute Gasteiger partial charge is 0.136 e. The molecule has 32 heavy (non-hydrogen) atoms. The van der Waals surface area contributed by atoms with Crippen LogP contribution in [-0.4, -0.2) is 56.7 Å². The van der Waals surface area contributed by atoms with Gasteiger partial charge in [-0.05, 0) is 36.4 Å². The monoisotopic (exact) mass is 433 g/mol. The molecular formula is C23H20FN5O3. The summed E-state index contributed by atoms with van der Waals surface area (Å²) in [7, 11) is 0. The third-order valence-electron chi connectivity index (χ3n) is 5.54. The van der Waals surface area contributed by atoms with Gasteiger partial charge in [0.25, 0.3) is 0 Å². The van der Waals surface area contributed by atoms with Crippen molar-refractivity contribution >= 4 is 16.6 Å². The maximum Gasteiger partial charge on any atom is 0.136 e. The molecule has 1 fully saturated rings. The molecule has 0 amide bonds. The van der Waals surface area contributed by atoms with Crippen molar-refractivity contribution in [3.63, 3.8) is 0 Å². The maximum atomic E-state index is 14.9. The fraction of sp³-hybridized carbons (Fsp3) is 0.217. The summed E-state index contributed by atoms with van der Waals surface area (Å²) in [6.07, 6.45) is 1.58. The number of aromatic hydroxyl groups is 1. The van der Waals surface area contributed by atoms with Crippen LogP contribution in [0.2, 0.25) is 0 Å². The molecule has 1 unspecified atom stereocenters. The molecule has 1 saturated heterocycles. The highest BCUT2D eigenvalue weighted by atomic mass is 19.1. The van der Waals surface area contributed by atoms with E-state index >= 15 is 0 Å². The van der Waals surface area contributed by atoms with E-state index in [9.17, 15) is 14.6 Å². The summed E-state index contributed by atoms with van der Waals surface area (Å²) < 4.78 is 20.3. The predicted molar refractivity (Wildman–Crippen MR) is 116 cm³/mol. The summed E-state index contributed by atoms with van der Waals surface area (Å²) in [5.41, 5.74) is 2.54. The summed E-state index contributed by atoms with van der Waals surface area (Å²) in [5, 5.41) is 29.3. The first-order valence-electron chi connectivity index (χ1n) is 10.2. The van der Waals surface area contributed by atoms with Gasteiger partial charge in [-0.1, -0.05) is 0 Å². The Hall–Kier alpha value is -3.69. The van der Waals surface area contributed by atoms with Crippen LogP contribution in [0.1, 0.15) is 17.4 Å². The van der Waals surface area contributed by atoms with Crippen molar-refractivity contribution in [3.05, 3.63) is 72.1 Å². The van der Waals surface area contributed by atoms with Crippen molar-refractivity contribution < 1.29 is 19.3 Å². The largest absolute Gasteiger partial charge is 0.507 e. The number of aliphatic hydroxyl groups excluding tert-OH is 1. The molecule has 2 N–H and O–H groups in total. The molecule has 3 heterocycles. The molecule has 1 aliphatic heterocycles. The van der Waals surface area contributed by atoms with Gasteiger partial charge >= 0.3 is 0 Å². The number of aromatic nitrogens is 4. The molecule has 0 spiro atoms. The molecule has 8 nitrogen and oxygen atoms in total. The van der Waals surface area contributed by atoms with Crippen LogP contribution in [0.5, 0.6) is 5.75 Å². The summed E-state index contributed by atoms with van der Waals surface area (Å²) >= 11 is 0. The van der Waals surface area contributed by atoms with Crippen molar-refractivity contribution in [1.82, 2.24) is 20.2 Å². The lowest BCUT2D eigenvalue weighted by molar-refractivity contribution is 0.122. The van der Waals surface area contributed by atoms with Crippen molar-refractivity contribution in [1.29, 1.82) is 0 Å². The number of morpholine rings is 1. The minimum atomic E-state index is -1.27. The first-order valence-corrected chi connectivity index (χ1v) is 10.2. The number of hydrogen-bond donors (Lipinski definition) is 2. The molecule has 0 saturated carbocycles. The van der Waals surface area contributed by atoms with Gasteiger partial charge in [0.1, 0.15) is 24.0 Å². The Balaban J connectivity index is 1.59. The Morgan fingerprint density at radius 2 is 1.91 bits per heavy atom. The lowest BCUT2D eigenvalue weighted by Gasteiger charge is -2.29. The number of nitrogens with zero attached hydrogens (tertiary/aromatic N) is 5. The Morgan fingerprint density at radius 3 is 2.69 bits per heavy atom.